The molecule has 0 spiro atoms. The van der Waals surface area contributed by atoms with Gasteiger partial charge in [-0.1, -0.05) is 20.3 Å². The summed E-state index contributed by atoms with van der Waals surface area (Å²) in [6.45, 7) is 7.75. The highest BCUT2D eigenvalue weighted by Gasteiger charge is 2.17. The zero-order chi connectivity index (χ0) is 11.8. The fourth-order valence-electron chi connectivity index (χ4n) is 1.09. The van der Waals surface area contributed by atoms with Gasteiger partial charge < -0.3 is 10.1 Å². The molecule has 0 aliphatic rings. The number of carbonyl (C=O) groups is 2. The van der Waals surface area contributed by atoms with Gasteiger partial charge in [0.2, 0.25) is 5.91 Å². The molecule has 0 saturated heterocycles. The van der Waals surface area contributed by atoms with E-state index in [1.54, 1.807) is 13.8 Å². The van der Waals surface area contributed by atoms with Gasteiger partial charge in [0.05, 0.1) is 6.61 Å². The maximum atomic E-state index is 11.4. The summed E-state index contributed by atoms with van der Waals surface area (Å²) in [5.74, 6) is -0.126. The van der Waals surface area contributed by atoms with Gasteiger partial charge in [-0.2, -0.15) is 0 Å². The SMILES string of the molecule is CCOC(=O)C(C)NC(=O)CC(C)CC. The molecule has 0 heterocycles. The van der Waals surface area contributed by atoms with Crippen LogP contribution in [0.2, 0.25) is 0 Å². The van der Waals surface area contributed by atoms with Crippen molar-refractivity contribution in [3.8, 4) is 0 Å². The van der Waals surface area contributed by atoms with Crippen molar-refractivity contribution in [3.63, 3.8) is 0 Å². The monoisotopic (exact) mass is 215 g/mol. The van der Waals surface area contributed by atoms with Crippen LogP contribution in [0.1, 0.15) is 40.5 Å². The Morgan fingerprint density at radius 1 is 1.27 bits per heavy atom. The molecule has 15 heavy (non-hydrogen) atoms. The van der Waals surface area contributed by atoms with Crippen LogP contribution in [0.5, 0.6) is 0 Å². The molecule has 0 aromatic carbocycles. The number of nitrogens with one attached hydrogen (secondary N) is 1. The molecule has 0 rings (SSSR count). The van der Waals surface area contributed by atoms with Crippen LogP contribution in [0, 0.1) is 5.92 Å². The molecule has 0 fully saturated rings. The lowest BCUT2D eigenvalue weighted by molar-refractivity contribution is -0.146. The van der Waals surface area contributed by atoms with Crippen molar-refractivity contribution in [2.75, 3.05) is 6.61 Å². The van der Waals surface area contributed by atoms with Crippen molar-refractivity contribution >= 4 is 11.9 Å². The minimum atomic E-state index is -0.554. The van der Waals surface area contributed by atoms with Crippen molar-refractivity contribution in [2.24, 2.45) is 5.92 Å². The largest absolute Gasteiger partial charge is 0.464 e. The van der Waals surface area contributed by atoms with Gasteiger partial charge in [0.25, 0.3) is 0 Å². The zero-order valence-corrected chi connectivity index (χ0v) is 10.0. The molecule has 0 saturated carbocycles. The van der Waals surface area contributed by atoms with Gasteiger partial charge in [-0.05, 0) is 19.8 Å². The van der Waals surface area contributed by atoms with Crippen LogP contribution in [0.25, 0.3) is 0 Å². The first-order valence-electron chi connectivity index (χ1n) is 5.47. The van der Waals surface area contributed by atoms with Crippen molar-refractivity contribution in [1.82, 2.24) is 5.32 Å². The fraction of sp³-hybridized carbons (Fsp3) is 0.818. The summed E-state index contributed by atoms with van der Waals surface area (Å²) in [6, 6.07) is -0.554. The molecule has 4 nitrogen and oxygen atoms in total. The van der Waals surface area contributed by atoms with Gasteiger partial charge in [-0.3, -0.25) is 4.79 Å². The molecule has 0 radical (unpaired) electrons. The van der Waals surface area contributed by atoms with Gasteiger partial charge >= 0.3 is 5.97 Å². The number of amides is 1. The van der Waals surface area contributed by atoms with Crippen LogP contribution in [0.3, 0.4) is 0 Å². The summed E-state index contributed by atoms with van der Waals surface area (Å²) in [6.07, 6.45) is 1.42. The molecule has 0 aliphatic carbocycles. The van der Waals surface area contributed by atoms with E-state index in [4.69, 9.17) is 4.74 Å². The van der Waals surface area contributed by atoms with E-state index in [0.29, 0.717) is 18.9 Å². The smallest absolute Gasteiger partial charge is 0.328 e. The number of hydrogen-bond donors (Lipinski definition) is 1. The lowest BCUT2D eigenvalue weighted by Gasteiger charge is -2.14. The summed E-state index contributed by atoms with van der Waals surface area (Å²) in [5.41, 5.74) is 0. The Labute approximate surface area is 91.4 Å². The van der Waals surface area contributed by atoms with Crippen LogP contribution in [0.4, 0.5) is 0 Å². The highest BCUT2D eigenvalue weighted by Crippen LogP contribution is 2.05. The number of carbonyl (C=O) groups excluding carboxylic acids is 2. The minimum absolute atomic E-state index is 0.0927. The highest BCUT2D eigenvalue weighted by atomic mass is 16.5. The second-order valence-corrected chi connectivity index (χ2v) is 3.76. The fourth-order valence-corrected chi connectivity index (χ4v) is 1.09. The van der Waals surface area contributed by atoms with E-state index >= 15 is 0 Å². The normalized spacial score (nSPS) is 14.1. The third kappa shape index (κ3) is 6.10. The topological polar surface area (TPSA) is 55.4 Å². The predicted molar refractivity (Wildman–Crippen MR) is 58.3 cm³/mol. The number of esters is 1. The van der Waals surface area contributed by atoms with Crippen LogP contribution in [-0.4, -0.2) is 24.5 Å². The molecular formula is C11H21NO3. The minimum Gasteiger partial charge on any atom is -0.464 e. The molecule has 2 unspecified atom stereocenters. The summed E-state index contributed by atoms with van der Waals surface area (Å²) in [7, 11) is 0. The number of rotatable bonds is 6. The van der Waals surface area contributed by atoms with Crippen LogP contribution in [0.15, 0.2) is 0 Å². The van der Waals surface area contributed by atoms with E-state index in [1.165, 1.54) is 0 Å². The third-order valence-corrected chi connectivity index (χ3v) is 2.25. The Hall–Kier alpha value is -1.06. The van der Waals surface area contributed by atoms with E-state index < -0.39 is 6.04 Å². The first kappa shape index (κ1) is 13.9. The molecule has 0 aromatic rings. The van der Waals surface area contributed by atoms with Gasteiger partial charge in [-0.15, -0.1) is 0 Å². The summed E-state index contributed by atoms with van der Waals surface area (Å²) < 4.78 is 4.78. The van der Waals surface area contributed by atoms with Gasteiger partial charge in [0, 0.05) is 6.42 Å². The molecule has 1 N–H and O–H groups in total. The maximum Gasteiger partial charge on any atom is 0.328 e. The van der Waals surface area contributed by atoms with Crippen molar-refractivity contribution in [2.45, 2.75) is 46.6 Å². The molecule has 2 atom stereocenters. The first-order chi connectivity index (χ1) is 7.01. The molecule has 4 heteroatoms. The average Bonchev–Trinajstić information content (AvgIpc) is 2.17. The van der Waals surface area contributed by atoms with Gasteiger partial charge in [0.15, 0.2) is 0 Å². The Balaban J connectivity index is 3.90. The van der Waals surface area contributed by atoms with Crippen molar-refractivity contribution in [3.05, 3.63) is 0 Å². The standard InChI is InChI=1S/C11H21NO3/c1-5-8(3)7-10(13)12-9(4)11(14)15-6-2/h8-9H,5-7H2,1-4H3,(H,12,13). The Kier molecular flexibility index (Phi) is 6.75. The van der Waals surface area contributed by atoms with Crippen LogP contribution < -0.4 is 5.32 Å². The van der Waals surface area contributed by atoms with Crippen LogP contribution in [-0.2, 0) is 14.3 Å². The molecule has 0 aromatic heterocycles. The van der Waals surface area contributed by atoms with E-state index in [2.05, 4.69) is 5.32 Å². The first-order valence-corrected chi connectivity index (χ1v) is 5.47. The van der Waals surface area contributed by atoms with Crippen molar-refractivity contribution < 1.29 is 14.3 Å². The molecular weight excluding hydrogens is 194 g/mol. The van der Waals surface area contributed by atoms with E-state index in [1.807, 2.05) is 13.8 Å². The van der Waals surface area contributed by atoms with Crippen LogP contribution >= 0.6 is 0 Å². The Bertz CT molecular complexity index is 216. The number of hydrogen-bond acceptors (Lipinski definition) is 3. The summed E-state index contributed by atoms with van der Waals surface area (Å²) in [4.78, 5) is 22.6. The van der Waals surface area contributed by atoms with Gasteiger partial charge in [0.1, 0.15) is 6.04 Å². The van der Waals surface area contributed by atoms with Crippen molar-refractivity contribution in [1.29, 1.82) is 0 Å². The Morgan fingerprint density at radius 2 is 1.87 bits per heavy atom. The highest BCUT2D eigenvalue weighted by molar-refractivity contribution is 5.84. The molecule has 0 bridgehead atoms. The van der Waals surface area contributed by atoms with Gasteiger partial charge in [-0.25, -0.2) is 4.79 Å². The predicted octanol–water partition coefficient (Wildman–Crippen LogP) is 1.49. The van der Waals surface area contributed by atoms with E-state index in [0.717, 1.165) is 6.42 Å². The lowest BCUT2D eigenvalue weighted by Crippen LogP contribution is -2.40. The molecule has 0 aliphatic heterocycles. The molecule has 1 amide bonds. The third-order valence-electron chi connectivity index (χ3n) is 2.25. The van der Waals surface area contributed by atoms with E-state index in [-0.39, 0.29) is 11.9 Å². The Morgan fingerprint density at radius 3 is 2.33 bits per heavy atom. The second kappa shape index (κ2) is 7.26. The summed E-state index contributed by atoms with van der Waals surface area (Å²) >= 11 is 0. The second-order valence-electron chi connectivity index (χ2n) is 3.76. The number of ether oxygens (including phenoxy) is 1. The lowest BCUT2D eigenvalue weighted by atomic mass is 10.0. The quantitative estimate of drug-likeness (QED) is 0.683. The molecule has 88 valence electrons. The summed E-state index contributed by atoms with van der Waals surface area (Å²) in [5, 5.41) is 2.62. The maximum absolute atomic E-state index is 11.4. The van der Waals surface area contributed by atoms with E-state index in [9.17, 15) is 9.59 Å². The average molecular weight is 215 g/mol. The zero-order valence-electron chi connectivity index (χ0n) is 10.0.